The molecular formula is C39H28. The average molecular weight is 497 g/mol. The summed E-state index contributed by atoms with van der Waals surface area (Å²) >= 11 is 0. The Bertz CT molecular complexity index is 2070. The van der Waals surface area contributed by atoms with Crippen molar-refractivity contribution in [1.82, 2.24) is 0 Å². The van der Waals surface area contributed by atoms with Gasteiger partial charge in [0.05, 0.1) is 0 Å². The van der Waals surface area contributed by atoms with E-state index in [1.54, 1.807) is 0 Å². The van der Waals surface area contributed by atoms with Gasteiger partial charge in [-0.3, -0.25) is 0 Å². The van der Waals surface area contributed by atoms with E-state index in [1.807, 2.05) is 0 Å². The maximum atomic E-state index is 2.40. The van der Waals surface area contributed by atoms with Crippen molar-refractivity contribution in [3.8, 4) is 33.4 Å². The molecule has 0 N–H and O–H groups in total. The summed E-state index contributed by atoms with van der Waals surface area (Å²) in [4.78, 5) is 0. The summed E-state index contributed by atoms with van der Waals surface area (Å²) in [5, 5.41) is 7.82. The molecule has 0 aliphatic heterocycles. The van der Waals surface area contributed by atoms with Gasteiger partial charge in [0, 0.05) is 5.41 Å². The zero-order valence-corrected chi connectivity index (χ0v) is 22.2. The van der Waals surface area contributed by atoms with E-state index in [4.69, 9.17) is 0 Å². The molecule has 0 amide bonds. The lowest BCUT2D eigenvalue weighted by molar-refractivity contribution is 0.660. The molecule has 39 heavy (non-hydrogen) atoms. The van der Waals surface area contributed by atoms with Crippen molar-refractivity contribution in [3.05, 3.63) is 145 Å². The van der Waals surface area contributed by atoms with E-state index in [-0.39, 0.29) is 5.41 Å². The molecule has 0 radical (unpaired) electrons. The van der Waals surface area contributed by atoms with E-state index < -0.39 is 0 Å². The first-order chi connectivity index (χ1) is 19.1. The van der Waals surface area contributed by atoms with Crippen molar-refractivity contribution in [1.29, 1.82) is 0 Å². The molecule has 0 aromatic heterocycles. The van der Waals surface area contributed by atoms with Crippen molar-refractivity contribution in [2.75, 3.05) is 0 Å². The van der Waals surface area contributed by atoms with Crippen LogP contribution in [0.2, 0.25) is 0 Å². The van der Waals surface area contributed by atoms with Crippen molar-refractivity contribution in [3.63, 3.8) is 0 Å². The lowest BCUT2D eigenvalue weighted by Crippen LogP contribution is -2.14. The van der Waals surface area contributed by atoms with E-state index in [2.05, 4.69) is 147 Å². The monoisotopic (exact) mass is 496 g/mol. The quantitative estimate of drug-likeness (QED) is 0.209. The van der Waals surface area contributed by atoms with Gasteiger partial charge in [0.2, 0.25) is 0 Å². The van der Waals surface area contributed by atoms with Gasteiger partial charge in [0.25, 0.3) is 0 Å². The first kappa shape index (κ1) is 22.3. The SMILES string of the molecule is CC1(C)c2ccccc2-c2ccc(-c3ccc(-c4ccc5ccc6ccc7ccccc7c6c5c4)cc3)cc21. The van der Waals surface area contributed by atoms with E-state index in [9.17, 15) is 0 Å². The predicted octanol–water partition coefficient (Wildman–Crippen LogP) is 10.8. The number of benzene rings is 7. The van der Waals surface area contributed by atoms with E-state index in [1.165, 1.54) is 76.8 Å². The smallest absolute Gasteiger partial charge is 0.0159 e. The zero-order chi connectivity index (χ0) is 26.1. The van der Waals surface area contributed by atoms with Gasteiger partial charge in [-0.1, -0.05) is 135 Å². The molecule has 0 unspecified atom stereocenters. The molecule has 0 nitrogen and oxygen atoms in total. The molecule has 0 bridgehead atoms. The van der Waals surface area contributed by atoms with Gasteiger partial charge in [0.1, 0.15) is 0 Å². The Balaban J connectivity index is 1.21. The van der Waals surface area contributed by atoms with E-state index in [0.717, 1.165) is 0 Å². The van der Waals surface area contributed by atoms with Crippen LogP contribution in [0.4, 0.5) is 0 Å². The molecule has 184 valence electrons. The highest BCUT2D eigenvalue weighted by molar-refractivity contribution is 6.20. The Morgan fingerprint density at radius 1 is 0.385 bits per heavy atom. The molecular weight excluding hydrogens is 468 g/mol. The second kappa shape index (κ2) is 8.16. The second-order valence-corrected chi connectivity index (χ2v) is 11.4. The van der Waals surface area contributed by atoms with Crippen molar-refractivity contribution in [2.24, 2.45) is 0 Å². The minimum Gasteiger partial charge on any atom is -0.0619 e. The molecule has 1 aliphatic rings. The Kier molecular flexibility index (Phi) is 4.67. The molecule has 8 rings (SSSR count). The third-order valence-electron chi connectivity index (χ3n) is 8.86. The number of rotatable bonds is 2. The van der Waals surface area contributed by atoms with E-state index >= 15 is 0 Å². The highest BCUT2D eigenvalue weighted by Gasteiger charge is 2.35. The van der Waals surface area contributed by atoms with Gasteiger partial charge < -0.3 is 0 Å². The highest BCUT2D eigenvalue weighted by Crippen LogP contribution is 2.49. The van der Waals surface area contributed by atoms with Crippen LogP contribution in [0.5, 0.6) is 0 Å². The predicted molar refractivity (Wildman–Crippen MR) is 167 cm³/mol. The Morgan fingerprint density at radius 3 is 1.72 bits per heavy atom. The molecule has 0 heteroatoms. The van der Waals surface area contributed by atoms with Crippen LogP contribution in [0, 0.1) is 0 Å². The standard InChI is InChI=1S/C39H28/c1-39(2)36-10-6-5-9-33(36)34-22-21-31(24-37(34)39)26-13-11-25(12-14-26)30-20-17-28-16-19-29-18-15-27-7-3-4-8-32(27)38(29)35(28)23-30/h3-24H,1-2H3. The van der Waals surface area contributed by atoms with Crippen LogP contribution in [0.15, 0.2) is 133 Å². The van der Waals surface area contributed by atoms with Gasteiger partial charge in [0.15, 0.2) is 0 Å². The summed E-state index contributed by atoms with van der Waals surface area (Å²) in [6, 6.07) is 49.5. The fourth-order valence-electron chi connectivity index (χ4n) is 6.74. The lowest BCUT2D eigenvalue weighted by Gasteiger charge is -2.22. The molecule has 7 aromatic carbocycles. The molecule has 0 heterocycles. The van der Waals surface area contributed by atoms with Gasteiger partial charge >= 0.3 is 0 Å². The highest BCUT2D eigenvalue weighted by atomic mass is 14.4. The topological polar surface area (TPSA) is 0 Å². The summed E-state index contributed by atoms with van der Waals surface area (Å²) < 4.78 is 0. The fraction of sp³-hybridized carbons (Fsp3) is 0.0769. The van der Waals surface area contributed by atoms with Crippen LogP contribution in [-0.2, 0) is 5.41 Å². The molecule has 0 atom stereocenters. The first-order valence-corrected chi connectivity index (χ1v) is 13.8. The summed E-state index contributed by atoms with van der Waals surface area (Å²) in [6.07, 6.45) is 0. The fourth-order valence-corrected chi connectivity index (χ4v) is 6.74. The van der Waals surface area contributed by atoms with Gasteiger partial charge in [-0.25, -0.2) is 0 Å². The van der Waals surface area contributed by atoms with E-state index in [0.29, 0.717) is 0 Å². The van der Waals surface area contributed by atoms with Crippen LogP contribution in [0.3, 0.4) is 0 Å². The Morgan fingerprint density at radius 2 is 0.923 bits per heavy atom. The average Bonchev–Trinajstić information content (AvgIpc) is 3.22. The Labute approximate surface area is 229 Å². The normalized spacial score (nSPS) is 13.6. The lowest BCUT2D eigenvalue weighted by atomic mass is 9.81. The minimum absolute atomic E-state index is 0.0138. The molecule has 0 spiro atoms. The maximum Gasteiger partial charge on any atom is 0.0159 e. The van der Waals surface area contributed by atoms with Crippen LogP contribution in [0.1, 0.15) is 25.0 Å². The number of hydrogen-bond acceptors (Lipinski definition) is 0. The van der Waals surface area contributed by atoms with Crippen molar-refractivity contribution >= 4 is 32.3 Å². The second-order valence-electron chi connectivity index (χ2n) is 11.4. The molecule has 0 saturated heterocycles. The summed E-state index contributed by atoms with van der Waals surface area (Å²) in [5.41, 5.74) is 10.6. The molecule has 0 fully saturated rings. The summed E-state index contributed by atoms with van der Waals surface area (Å²) in [7, 11) is 0. The number of hydrogen-bond donors (Lipinski definition) is 0. The van der Waals surface area contributed by atoms with Crippen molar-refractivity contribution in [2.45, 2.75) is 19.3 Å². The van der Waals surface area contributed by atoms with Gasteiger partial charge in [-0.2, -0.15) is 0 Å². The number of fused-ring (bicyclic) bond motifs is 8. The van der Waals surface area contributed by atoms with Crippen LogP contribution in [-0.4, -0.2) is 0 Å². The molecule has 1 aliphatic carbocycles. The molecule has 0 saturated carbocycles. The zero-order valence-electron chi connectivity index (χ0n) is 22.2. The van der Waals surface area contributed by atoms with Crippen LogP contribution >= 0.6 is 0 Å². The maximum absolute atomic E-state index is 2.40. The van der Waals surface area contributed by atoms with Crippen molar-refractivity contribution < 1.29 is 0 Å². The minimum atomic E-state index is 0.0138. The first-order valence-electron chi connectivity index (χ1n) is 13.8. The third kappa shape index (κ3) is 3.31. The van der Waals surface area contributed by atoms with Crippen LogP contribution in [0.25, 0.3) is 65.7 Å². The third-order valence-corrected chi connectivity index (χ3v) is 8.86. The summed E-state index contributed by atoms with van der Waals surface area (Å²) in [6.45, 7) is 4.69. The Hall–Kier alpha value is -4.68. The summed E-state index contributed by atoms with van der Waals surface area (Å²) in [5.74, 6) is 0. The largest absolute Gasteiger partial charge is 0.0619 e. The van der Waals surface area contributed by atoms with Gasteiger partial charge in [-0.15, -0.1) is 0 Å². The molecule has 7 aromatic rings. The van der Waals surface area contributed by atoms with Crippen LogP contribution < -0.4 is 0 Å². The van der Waals surface area contributed by atoms with Gasteiger partial charge in [-0.05, 0) is 89.0 Å².